The second kappa shape index (κ2) is 20.2. The number of halogens is 1. The Kier molecular flexibility index (Phi) is 13.8. The summed E-state index contributed by atoms with van der Waals surface area (Å²) in [4.78, 5) is 92.2. The van der Waals surface area contributed by atoms with Gasteiger partial charge in [0.05, 0.1) is 6.10 Å². The van der Waals surface area contributed by atoms with E-state index in [1.807, 2.05) is 72.8 Å². The van der Waals surface area contributed by atoms with Gasteiger partial charge in [0.1, 0.15) is 42.1 Å². The van der Waals surface area contributed by atoms with Crippen LogP contribution in [0.1, 0.15) is 42.0 Å². The van der Waals surface area contributed by atoms with Crippen molar-refractivity contribution in [2.24, 2.45) is 0 Å². The summed E-state index contributed by atoms with van der Waals surface area (Å²) in [6.07, 6.45) is 0.805. The number of nitrogens with one attached hydrogen (secondary N) is 6. The fourth-order valence-electron chi connectivity index (χ4n) is 8.98. The maximum atomic E-state index is 14.9. The Morgan fingerprint density at radius 3 is 1.86 bits per heavy atom. The first-order valence-electron chi connectivity index (χ1n) is 22.2. The highest BCUT2D eigenvalue weighted by Crippen LogP contribution is 2.24. The average Bonchev–Trinajstić information content (AvgIpc) is 3.98. The van der Waals surface area contributed by atoms with Crippen LogP contribution in [0.5, 0.6) is 0 Å². The Hall–Kier alpha value is -7.39. The van der Waals surface area contributed by atoms with Crippen molar-refractivity contribution in [2.45, 2.75) is 87.8 Å². The normalized spacial score (nSPS) is 22.9. The second-order valence-corrected chi connectivity index (χ2v) is 17.1. The lowest BCUT2D eigenvalue weighted by atomic mass is 9.97. The van der Waals surface area contributed by atoms with E-state index in [4.69, 9.17) is 0 Å². The van der Waals surface area contributed by atoms with E-state index in [1.54, 1.807) is 30.5 Å². The molecule has 0 radical (unpaired) electrons. The summed E-state index contributed by atoms with van der Waals surface area (Å²) in [6.45, 7) is 1.49. The SMILES string of the molecule is C[C@@H](O)[C@@H]1NC(=O)[C@H](Cc2ccc(F)cc2)NC(=O)[C@@H](Cc2c[nH]c3ccccc23)NC(=O)[C@H](Cc2cccc3ccccc23)NC(=O)[C@@H]2CCCN2C(=O)[C@H](Cc2ccccc2)NC1=O. The molecule has 340 valence electrons. The van der Waals surface area contributed by atoms with Gasteiger partial charge in [0.15, 0.2) is 0 Å². The molecule has 0 aliphatic carbocycles. The molecule has 2 aliphatic rings. The number of fused-ring (bicyclic) bond motifs is 3. The van der Waals surface area contributed by atoms with E-state index < -0.39 is 83.6 Å². The topological polar surface area (TPSA) is 202 Å². The molecule has 0 bridgehead atoms. The van der Waals surface area contributed by atoms with E-state index in [2.05, 4.69) is 31.6 Å². The zero-order valence-electron chi connectivity index (χ0n) is 36.3. The number of aromatic nitrogens is 1. The number of aromatic amines is 1. The molecular weight excluding hydrogens is 842 g/mol. The minimum absolute atomic E-state index is 0.0178. The van der Waals surface area contributed by atoms with Crippen LogP contribution in [-0.2, 0) is 54.5 Å². The average molecular weight is 894 g/mol. The molecule has 14 nitrogen and oxygen atoms in total. The zero-order chi connectivity index (χ0) is 46.3. The van der Waals surface area contributed by atoms with Gasteiger partial charge in [0, 0.05) is 49.3 Å². The largest absolute Gasteiger partial charge is 0.391 e. The van der Waals surface area contributed by atoms with Gasteiger partial charge in [-0.2, -0.15) is 0 Å². The Morgan fingerprint density at radius 2 is 1.14 bits per heavy atom. The van der Waals surface area contributed by atoms with Crippen LogP contribution < -0.4 is 26.6 Å². The molecule has 15 heteroatoms. The third kappa shape index (κ3) is 10.4. The predicted molar refractivity (Wildman–Crippen MR) is 246 cm³/mol. The van der Waals surface area contributed by atoms with Crippen molar-refractivity contribution < 1.29 is 38.3 Å². The van der Waals surface area contributed by atoms with Gasteiger partial charge in [-0.25, -0.2) is 4.39 Å². The van der Waals surface area contributed by atoms with Gasteiger partial charge in [-0.1, -0.05) is 103 Å². The number of benzene rings is 5. The third-order valence-electron chi connectivity index (χ3n) is 12.5. The molecule has 8 rings (SSSR count). The number of aliphatic hydroxyl groups excluding tert-OH is 1. The van der Waals surface area contributed by atoms with Crippen LogP contribution >= 0.6 is 0 Å². The minimum Gasteiger partial charge on any atom is -0.391 e. The first-order valence-corrected chi connectivity index (χ1v) is 22.2. The molecule has 3 heterocycles. The van der Waals surface area contributed by atoms with Crippen molar-refractivity contribution >= 4 is 57.1 Å². The summed E-state index contributed by atoms with van der Waals surface area (Å²) in [7, 11) is 0. The molecule has 2 saturated heterocycles. The van der Waals surface area contributed by atoms with Gasteiger partial charge in [-0.15, -0.1) is 0 Å². The summed E-state index contributed by atoms with van der Waals surface area (Å²) in [5.41, 5.74) is 3.38. The Morgan fingerprint density at radius 1 is 0.576 bits per heavy atom. The van der Waals surface area contributed by atoms with Crippen molar-refractivity contribution in [1.82, 2.24) is 36.5 Å². The highest BCUT2D eigenvalue weighted by molar-refractivity contribution is 5.99. The van der Waals surface area contributed by atoms with E-state index in [1.165, 1.54) is 36.1 Å². The molecule has 66 heavy (non-hydrogen) atoms. The quantitative estimate of drug-likeness (QED) is 0.115. The van der Waals surface area contributed by atoms with Gasteiger partial charge < -0.3 is 41.6 Å². The Labute approximate surface area is 380 Å². The maximum absolute atomic E-state index is 14.9. The first kappa shape index (κ1) is 45.2. The summed E-state index contributed by atoms with van der Waals surface area (Å²) in [6, 6.07) is 27.2. The number of carbonyl (C=O) groups is 6. The van der Waals surface area contributed by atoms with E-state index in [9.17, 15) is 38.3 Å². The van der Waals surface area contributed by atoms with Crippen LogP contribution in [0.4, 0.5) is 4.39 Å². The second-order valence-electron chi connectivity index (χ2n) is 17.1. The molecule has 5 aromatic carbocycles. The Balaban J connectivity index is 1.21. The van der Waals surface area contributed by atoms with Crippen molar-refractivity contribution in [1.29, 1.82) is 0 Å². The number of nitrogens with zero attached hydrogens (tertiary/aromatic N) is 1. The van der Waals surface area contributed by atoms with Gasteiger partial charge in [0.25, 0.3) is 0 Å². The lowest BCUT2D eigenvalue weighted by Crippen LogP contribution is -2.63. The monoisotopic (exact) mass is 893 g/mol. The molecule has 0 unspecified atom stereocenters. The molecular formula is C51H52FN7O7. The van der Waals surface area contributed by atoms with Crippen molar-refractivity contribution in [3.05, 3.63) is 156 Å². The number of hydrogen-bond acceptors (Lipinski definition) is 7. The minimum atomic E-state index is -1.61. The number of H-pyrrole nitrogens is 1. The smallest absolute Gasteiger partial charge is 0.246 e. The number of aliphatic hydroxyl groups is 1. The summed E-state index contributed by atoms with van der Waals surface area (Å²) < 4.78 is 14.1. The first-order chi connectivity index (χ1) is 31.9. The van der Waals surface area contributed by atoms with Gasteiger partial charge in [-0.3, -0.25) is 28.8 Å². The number of hydrogen-bond donors (Lipinski definition) is 7. The molecule has 7 atom stereocenters. The number of rotatable bonds is 9. The van der Waals surface area contributed by atoms with E-state index in [0.29, 0.717) is 23.1 Å². The van der Waals surface area contributed by atoms with Crippen molar-refractivity contribution in [3.8, 4) is 0 Å². The van der Waals surface area contributed by atoms with E-state index in [-0.39, 0.29) is 38.6 Å². The lowest BCUT2D eigenvalue weighted by Gasteiger charge is -2.32. The van der Waals surface area contributed by atoms with Crippen molar-refractivity contribution in [3.63, 3.8) is 0 Å². The molecule has 0 saturated carbocycles. The number of carbonyl (C=O) groups excluding carboxylic acids is 6. The fraction of sp³-hybridized carbons (Fsp3) is 0.294. The molecule has 0 spiro atoms. The molecule has 7 N–H and O–H groups in total. The number of para-hydroxylation sites is 1. The van der Waals surface area contributed by atoms with Crippen LogP contribution in [0.3, 0.4) is 0 Å². The molecule has 6 amide bonds. The standard InChI is InChI=1S/C51H52FN7O7/c1-30(60)45-50(65)57-43(26-31-11-3-2-4-12-31)51(66)59-24-10-19-44(59)49(64)56-41(27-34-15-9-14-33-13-5-6-16-37(33)34)46(61)55-42(28-35-29-53-39-18-8-7-17-38(35)39)47(62)54-40(48(63)58-45)25-32-20-22-36(52)23-21-32/h2-9,11-18,20-23,29-30,40-45,53,60H,10,19,24-28H2,1H3,(H,54,62)(H,55,61)(H,56,64)(H,57,65)(H,58,63)/t30-,40+,41+,42-,43+,44+,45+/m1/s1. The maximum Gasteiger partial charge on any atom is 0.246 e. The van der Waals surface area contributed by atoms with E-state index in [0.717, 1.165) is 27.2 Å². The molecule has 6 aromatic rings. The van der Waals surface area contributed by atoms with Gasteiger partial charge >= 0.3 is 0 Å². The highest BCUT2D eigenvalue weighted by Gasteiger charge is 2.41. The lowest BCUT2D eigenvalue weighted by molar-refractivity contribution is -0.143. The van der Waals surface area contributed by atoms with Crippen LogP contribution in [0.2, 0.25) is 0 Å². The van der Waals surface area contributed by atoms with Crippen molar-refractivity contribution in [2.75, 3.05) is 6.54 Å². The fourth-order valence-corrected chi connectivity index (χ4v) is 8.98. The summed E-state index contributed by atoms with van der Waals surface area (Å²) >= 11 is 0. The third-order valence-corrected chi connectivity index (χ3v) is 12.5. The molecule has 2 fully saturated rings. The van der Waals surface area contributed by atoms with Crippen LogP contribution in [0.25, 0.3) is 21.7 Å². The van der Waals surface area contributed by atoms with Crippen LogP contribution in [0.15, 0.2) is 128 Å². The molecule has 1 aromatic heterocycles. The predicted octanol–water partition coefficient (Wildman–Crippen LogP) is 3.54. The van der Waals surface area contributed by atoms with Gasteiger partial charge in [-0.05, 0) is 71.0 Å². The summed E-state index contributed by atoms with van der Waals surface area (Å²) in [5, 5.41) is 27.6. The molecule has 2 aliphatic heterocycles. The van der Waals surface area contributed by atoms with E-state index >= 15 is 0 Å². The summed E-state index contributed by atoms with van der Waals surface area (Å²) in [5.74, 6) is -4.85. The number of amides is 6. The Bertz CT molecular complexity index is 2740. The highest BCUT2D eigenvalue weighted by atomic mass is 19.1. The zero-order valence-corrected chi connectivity index (χ0v) is 36.3. The van der Waals surface area contributed by atoms with Gasteiger partial charge in [0.2, 0.25) is 35.4 Å². The van der Waals surface area contributed by atoms with Crippen LogP contribution in [0, 0.1) is 5.82 Å². The van der Waals surface area contributed by atoms with Crippen LogP contribution in [-0.4, -0.2) is 99.3 Å².